The summed E-state index contributed by atoms with van der Waals surface area (Å²) >= 11 is 0. The third-order valence-corrected chi connectivity index (χ3v) is 5.81. The highest BCUT2D eigenvalue weighted by atomic mass is 32.2. The van der Waals surface area contributed by atoms with Crippen LogP contribution in [0.2, 0.25) is 0 Å². The van der Waals surface area contributed by atoms with E-state index in [1.54, 1.807) is 13.8 Å². The average Bonchev–Trinajstić information content (AvgIpc) is 2.63. The number of hydrogen-bond acceptors (Lipinski definition) is 3. The minimum Gasteiger partial charge on any atom is -0.316 e. The van der Waals surface area contributed by atoms with Crippen molar-refractivity contribution in [1.82, 2.24) is 10.0 Å². The van der Waals surface area contributed by atoms with Gasteiger partial charge in [-0.2, -0.15) is 0 Å². The molecule has 1 unspecified atom stereocenters. The van der Waals surface area contributed by atoms with Crippen LogP contribution < -0.4 is 10.0 Å². The summed E-state index contributed by atoms with van der Waals surface area (Å²) in [4.78, 5) is 0. The zero-order valence-electron chi connectivity index (χ0n) is 10.1. The van der Waals surface area contributed by atoms with Crippen LogP contribution in [0.15, 0.2) is 0 Å². The van der Waals surface area contributed by atoms with Crippen LogP contribution in [0.4, 0.5) is 0 Å². The van der Waals surface area contributed by atoms with Gasteiger partial charge in [-0.25, -0.2) is 13.1 Å². The first-order valence-electron chi connectivity index (χ1n) is 6.21. The number of hydrogen-bond donors (Lipinski definition) is 2. The summed E-state index contributed by atoms with van der Waals surface area (Å²) < 4.78 is 26.4. The molecule has 3 atom stereocenters. The first kappa shape index (κ1) is 12.3. The third-order valence-electron chi connectivity index (χ3n) is 3.90. The van der Waals surface area contributed by atoms with E-state index in [1.165, 1.54) is 0 Å². The molecule has 2 rings (SSSR count). The van der Waals surface area contributed by atoms with E-state index in [9.17, 15) is 8.42 Å². The SMILES string of the molecule is CC(C)S(=O)(=O)NC1CC[C@H]2CNC[C@H]2C1. The van der Waals surface area contributed by atoms with Gasteiger partial charge in [0, 0.05) is 6.04 Å². The topological polar surface area (TPSA) is 58.2 Å². The molecule has 1 aliphatic heterocycles. The van der Waals surface area contributed by atoms with E-state index in [2.05, 4.69) is 10.0 Å². The second kappa shape index (κ2) is 4.63. The lowest BCUT2D eigenvalue weighted by molar-refractivity contribution is 0.260. The second-order valence-electron chi connectivity index (χ2n) is 5.40. The fourth-order valence-electron chi connectivity index (χ4n) is 2.77. The summed E-state index contributed by atoms with van der Waals surface area (Å²) in [5, 5.41) is 3.07. The van der Waals surface area contributed by atoms with Crippen molar-refractivity contribution in [2.75, 3.05) is 13.1 Å². The van der Waals surface area contributed by atoms with Crippen LogP contribution in [0, 0.1) is 11.8 Å². The van der Waals surface area contributed by atoms with E-state index < -0.39 is 10.0 Å². The molecule has 16 heavy (non-hydrogen) atoms. The monoisotopic (exact) mass is 246 g/mol. The molecule has 0 amide bonds. The van der Waals surface area contributed by atoms with Crippen molar-refractivity contribution in [3.63, 3.8) is 0 Å². The van der Waals surface area contributed by atoms with Crippen molar-refractivity contribution >= 4 is 10.0 Å². The Morgan fingerprint density at radius 2 is 1.88 bits per heavy atom. The van der Waals surface area contributed by atoms with Gasteiger partial charge in [-0.05, 0) is 58.0 Å². The molecule has 1 heterocycles. The van der Waals surface area contributed by atoms with Gasteiger partial charge in [-0.1, -0.05) is 0 Å². The molecule has 0 radical (unpaired) electrons. The van der Waals surface area contributed by atoms with Crippen molar-refractivity contribution in [1.29, 1.82) is 0 Å². The van der Waals surface area contributed by atoms with Crippen LogP contribution in [-0.2, 0) is 10.0 Å². The molecule has 0 spiro atoms. The van der Waals surface area contributed by atoms with Crippen LogP contribution in [0.5, 0.6) is 0 Å². The predicted octanol–water partition coefficient (Wildman–Crippen LogP) is 0.702. The number of fused-ring (bicyclic) bond motifs is 1. The highest BCUT2D eigenvalue weighted by Crippen LogP contribution is 2.32. The summed E-state index contributed by atoms with van der Waals surface area (Å²) in [6, 6.07) is 0.161. The second-order valence-corrected chi connectivity index (χ2v) is 7.67. The van der Waals surface area contributed by atoms with E-state index in [0.717, 1.165) is 38.3 Å². The van der Waals surface area contributed by atoms with Crippen LogP contribution in [-0.4, -0.2) is 32.8 Å². The van der Waals surface area contributed by atoms with Gasteiger partial charge in [0.05, 0.1) is 5.25 Å². The summed E-state index contributed by atoms with van der Waals surface area (Å²) in [7, 11) is -3.10. The van der Waals surface area contributed by atoms with Crippen molar-refractivity contribution in [3.8, 4) is 0 Å². The van der Waals surface area contributed by atoms with Crippen LogP contribution in [0.3, 0.4) is 0 Å². The highest BCUT2D eigenvalue weighted by molar-refractivity contribution is 7.90. The predicted molar refractivity (Wildman–Crippen MR) is 64.7 cm³/mol. The molecule has 0 aromatic carbocycles. The van der Waals surface area contributed by atoms with Gasteiger partial charge in [-0.3, -0.25) is 0 Å². The quantitative estimate of drug-likeness (QED) is 0.771. The molecule has 0 aromatic heterocycles. The molecular weight excluding hydrogens is 224 g/mol. The first-order chi connectivity index (χ1) is 7.49. The third kappa shape index (κ3) is 2.57. The molecule has 2 aliphatic rings. The Hall–Kier alpha value is -0.130. The largest absolute Gasteiger partial charge is 0.316 e. The van der Waals surface area contributed by atoms with Crippen LogP contribution >= 0.6 is 0 Å². The minimum atomic E-state index is -3.10. The normalized spacial score (nSPS) is 35.3. The lowest BCUT2D eigenvalue weighted by Crippen LogP contribution is -2.43. The molecule has 94 valence electrons. The fourth-order valence-corrected chi connectivity index (χ4v) is 3.73. The first-order valence-corrected chi connectivity index (χ1v) is 7.75. The van der Waals surface area contributed by atoms with Gasteiger partial charge in [0.15, 0.2) is 0 Å². The summed E-state index contributed by atoms with van der Waals surface area (Å²) in [6.45, 7) is 5.63. The van der Waals surface area contributed by atoms with Gasteiger partial charge in [0.2, 0.25) is 10.0 Å². The van der Waals surface area contributed by atoms with Crippen molar-refractivity contribution in [2.24, 2.45) is 11.8 Å². The minimum absolute atomic E-state index is 0.161. The number of nitrogens with one attached hydrogen (secondary N) is 2. The molecule has 0 bridgehead atoms. The highest BCUT2D eigenvalue weighted by Gasteiger charge is 2.35. The number of rotatable bonds is 3. The lowest BCUT2D eigenvalue weighted by atomic mass is 9.79. The zero-order valence-corrected chi connectivity index (χ0v) is 10.9. The Morgan fingerprint density at radius 3 is 2.56 bits per heavy atom. The Bertz CT molecular complexity index is 340. The maximum absolute atomic E-state index is 11.8. The van der Waals surface area contributed by atoms with E-state index in [0.29, 0.717) is 5.92 Å². The van der Waals surface area contributed by atoms with E-state index in [1.807, 2.05) is 0 Å². The van der Waals surface area contributed by atoms with Gasteiger partial charge in [0.25, 0.3) is 0 Å². The molecule has 2 N–H and O–H groups in total. The van der Waals surface area contributed by atoms with Gasteiger partial charge in [-0.15, -0.1) is 0 Å². The smallest absolute Gasteiger partial charge is 0.214 e. The van der Waals surface area contributed by atoms with E-state index in [-0.39, 0.29) is 11.3 Å². The fraction of sp³-hybridized carbons (Fsp3) is 1.00. The molecule has 1 saturated carbocycles. The molecule has 2 fully saturated rings. The molecule has 5 heteroatoms. The van der Waals surface area contributed by atoms with Crippen molar-refractivity contribution < 1.29 is 8.42 Å². The Kier molecular flexibility index (Phi) is 3.56. The van der Waals surface area contributed by atoms with Crippen LogP contribution in [0.25, 0.3) is 0 Å². The molecule has 4 nitrogen and oxygen atoms in total. The Labute approximate surface area is 98.2 Å². The van der Waals surface area contributed by atoms with E-state index >= 15 is 0 Å². The summed E-state index contributed by atoms with van der Waals surface area (Å²) in [5.41, 5.74) is 0. The Morgan fingerprint density at radius 1 is 1.19 bits per heavy atom. The zero-order chi connectivity index (χ0) is 11.8. The summed E-state index contributed by atoms with van der Waals surface area (Å²) in [6.07, 6.45) is 3.15. The van der Waals surface area contributed by atoms with Gasteiger partial charge >= 0.3 is 0 Å². The summed E-state index contributed by atoms with van der Waals surface area (Å²) in [5.74, 6) is 1.45. The van der Waals surface area contributed by atoms with Crippen LogP contribution in [0.1, 0.15) is 33.1 Å². The Balaban J connectivity index is 1.92. The molecule has 1 saturated heterocycles. The average molecular weight is 246 g/mol. The standard InChI is InChI=1S/C11H22N2O2S/c1-8(2)16(14,15)13-11-4-3-9-6-12-7-10(9)5-11/h8-13H,3-7H2,1-2H3/t9-,10+,11?/m0/s1. The van der Waals surface area contributed by atoms with E-state index in [4.69, 9.17) is 0 Å². The lowest BCUT2D eigenvalue weighted by Gasteiger charge is -2.31. The molecule has 0 aromatic rings. The maximum Gasteiger partial charge on any atom is 0.214 e. The van der Waals surface area contributed by atoms with Gasteiger partial charge in [0.1, 0.15) is 0 Å². The van der Waals surface area contributed by atoms with Crippen molar-refractivity contribution in [3.05, 3.63) is 0 Å². The maximum atomic E-state index is 11.8. The van der Waals surface area contributed by atoms with Gasteiger partial charge < -0.3 is 5.32 Å². The molecule has 1 aliphatic carbocycles. The molecular formula is C11H22N2O2S. The number of sulfonamides is 1. The van der Waals surface area contributed by atoms with Crippen molar-refractivity contribution in [2.45, 2.75) is 44.4 Å².